The van der Waals surface area contributed by atoms with Crippen molar-refractivity contribution in [2.75, 3.05) is 20.1 Å². The Labute approximate surface area is 119 Å². The first-order valence-corrected chi connectivity index (χ1v) is 6.98. The molecule has 0 bridgehead atoms. The summed E-state index contributed by atoms with van der Waals surface area (Å²) in [5.41, 5.74) is 0.503. The fourth-order valence-corrected chi connectivity index (χ4v) is 1.87. The summed E-state index contributed by atoms with van der Waals surface area (Å²) >= 11 is 0. The van der Waals surface area contributed by atoms with Crippen molar-refractivity contribution in [2.45, 2.75) is 32.6 Å². The van der Waals surface area contributed by atoms with Gasteiger partial charge in [0.1, 0.15) is 11.6 Å². The van der Waals surface area contributed by atoms with Crippen molar-refractivity contribution in [1.29, 1.82) is 0 Å². The molecule has 0 aliphatic heterocycles. The van der Waals surface area contributed by atoms with Crippen LogP contribution in [0.3, 0.4) is 0 Å². The summed E-state index contributed by atoms with van der Waals surface area (Å²) < 4.78 is 26.5. The average molecular weight is 283 g/mol. The second kappa shape index (κ2) is 8.51. The SMILES string of the molecule is CCCCNC(=NC)NCC(C)c1ccc(F)cc1F. The molecular formula is C15H23F2N3. The van der Waals surface area contributed by atoms with E-state index in [0.717, 1.165) is 25.5 Å². The lowest BCUT2D eigenvalue weighted by Gasteiger charge is -2.16. The summed E-state index contributed by atoms with van der Waals surface area (Å²) in [5.74, 6) is -0.426. The van der Waals surface area contributed by atoms with Gasteiger partial charge in [-0.1, -0.05) is 26.3 Å². The van der Waals surface area contributed by atoms with E-state index in [2.05, 4.69) is 22.5 Å². The van der Waals surface area contributed by atoms with Gasteiger partial charge in [-0.3, -0.25) is 4.99 Å². The average Bonchev–Trinajstić information content (AvgIpc) is 2.42. The zero-order valence-electron chi connectivity index (χ0n) is 12.3. The standard InChI is InChI=1S/C15H23F2N3/c1-4-5-8-19-15(18-3)20-10-11(2)13-7-6-12(16)9-14(13)17/h6-7,9,11H,4-5,8,10H2,1-3H3,(H2,18,19,20). The summed E-state index contributed by atoms with van der Waals surface area (Å²) in [6, 6.07) is 3.69. The van der Waals surface area contributed by atoms with Crippen molar-refractivity contribution < 1.29 is 8.78 Å². The summed E-state index contributed by atoms with van der Waals surface area (Å²) in [4.78, 5) is 4.10. The molecule has 1 atom stereocenters. The number of halogens is 2. The van der Waals surface area contributed by atoms with E-state index in [9.17, 15) is 8.78 Å². The lowest BCUT2D eigenvalue weighted by Crippen LogP contribution is -2.39. The van der Waals surface area contributed by atoms with E-state index in [1.165, 1.54) is 12.1 Å². The molecule has 3 nitrogen and oxygen atoms in total. The van der Waals surface area contributed by atoms with Crippen LogP contribution < -0.4 is 10.6 Å². The first-order chi connectivity index (χ1) is 9.58. The molecule has 5 heteroatoms. The van der Waals surface area contributed by atoms with Gasteiger partial charge in [-0.15, -0.1) is 0 Å². The summed E-state index contributed by atoms with van der Waals surface area (Å²) in [5, 5.41) is 6.33. The Bertz CT molecular complexity index is 447. The molecule has 112 valence electrons. The summed E-state index contributed by atoms with van der Waals surface area (Å²) in [6.45, 7) is 5.41. The largest absolute Gasteiger partial charge is 0.356 e. The van der Waals surface area contributed by atoms with Gasteiger partial charge in [0.15, 0.2) is 5.96 Å². The van der Waals surface area contributed by atoms with Crippen LogP contribution in [0.5, 0.6) is 0 Å². The van der Waals surface area contributed by atoms with Crippen molar-refractivity contribution in [3.63, 3.8) is 0 Å². The van der Waals surface area contributed by atoms with Gasteiger partial charge in [0.25, 0.3) is 0 Å². The highest BCUT2D eigenvalue weighted by Gasteiger charge is 2.12. The first kappa shape index (κ1) is 16.4. The molecule has 1 unspecified atom stereocenters. The van der Waals surface area contributed by atoms with E-state index in [4.69, 9.17) is 0 Å². The highest BCUT2D eigenvalue weighted by Crippen LogP contribution is 2.18. The fraction of sp³-hybridized carbons (Fsp3) is 0.533. The third kappa shape index (κ3) is 5.15. The van der Waals surface area contributed by atoms with Gasteiger partial charge >= 0.3 is 0 Å². The molecule has 0 saturated carbocycles. The Morgan fingerprint density at radius 3 is 2.65 bits per heavy atom. The van der Waals surface area contributed by atoms with Gasteiger partial charge in [-0.25, -0.2) is 8.78 Å². The number of unbranched alkanes of at least 4 members (excludes halogenated alkanes) is 1. The summed E-state index contributed by atoms with van der Waals surface area (Å²) in [6.07, 6.45) is 2.18. The van der Waals surface area contributed by atoms with Crippen LogP contribution in [0, 0.1) is 11.6 Å². The molecular weight excluding hydrogens is 260 g/mol. The molecule has 0 heterocycles. The maximum Gasteiger partial charge on any atom is 0.190 e. The molecule has 0 saturated heterocycles. The Kier molecular flexibility index (Phi) is 6.98. The Morgan fingerprint density at radius 2 is 2.05 bits per heavy atom. The lowest BCUT2D eigenvalue weighted by atomic mass is 10.0. The van der Waals surface area contributed by atoms with Crippen LogP contribution in [0.4, 0.5) is 8.78 Å². The van der Waals surface area contributed by atoms with Crippen LogP contribution in [0.1, 0.15) is 38.2 Å². The molecule has 0 aromatic heterocycles. The zero-order valence-corrected chi connectivity index (χ0v) is 12.3. The second-order valence-electron chi connectivity index (χ2n) is 4.80. The van der Waals surface area contributed by atoms with Gasteiger partial charge in [0, 0.05) is 32.1 Å². The van der Waals surface area contributed by atoms with Crippen LogP contribution in [0.15, 0.2) is 23.2 Å². The normalized spacial score (nSPS) is 13.2. The number of guanidine groups is 1. The molecule has 0 fully saturated rings. The van der Waals surface area contributed by atoms with E-state index in [1.54, 1.807) is 7.05 Å². The Balaban J connectivity index is 2.51. The van der Waals surface area contributed by atoms with Gasteiger partial charge < -0.3 is 10.6 Å². The molecule has 1 aromatic carbocycles. The minimum Gasteiger partial charge on any atom is -0.356 e. The molecule has 2 N–H and O–H groups in total. The molecule has 0 aliphatic carbocycles. The van der Waals surface area contributed by atoms with Crippen LogP contribution in [-0.2, 0) is 0 Å². The predicted molar refractivity (Wildman–Crippen MR) is 79.0 cm³/mol. The number of rotatable bonds is 6. The molecule has 20 heavy (non-hydrogen) atoms. The number of nitrogens with one attached hydrogen (secondary N) is 2. The first-order valence-electron chi connectivity index (χ1n) is 6.98. The van der Waals surface area contributed by atoms with Crippen molar-refractivity contribution in [3.8, 4) is 0 Å². The van der Waals surface area contributed by atoms with E-state index in [-0.39, 0.29) is 5.92 Å². The smallest absolute Gasteiger partial charge is 0.190 e. The maximum atomic E-state index is 13.6. The number of hydrogen-bond acceptors (Lipinski definition) is 1. The Morgan fingerprint density at radius 1 is 1.30 bits per heavy atom. The third-order valence-electron chi connectivity index (χ3n) is 3.12. The van der Waals surface area contributed by atoms with Gasteiger partial charge in [-0.05, 0) is 18.1 Å². The Hall–Kier alpha value is -1.65. The van der Waals surface area contributed by atoms with Crippen molar-refractivity contribution in [1.82, 2.24) is 10.6 Å². The number of nitrogens with zero attached hydrogens (tertiary/aromatic N) is 1. The maximum absolute atomic E-state index is 13.6. The highest BCUT2D eigenvalue weighted by molar-refractivity contribution is 5.79. The number of aliphatic imine (C=N–C) groups is 1. The van der Waals surface area contributed by atoms with Crippen molar-refractivity contribution in [2.24, 2.45) is 4.99 Å². The van der Waals surface area contributed by atoms with Crippen LogP contribution >= 0.6 is 0 Å². The molecule has 0 spiro atoms. The third-order valence-corrected chi connectivity index (χ3v) is 3.12. The van der Waals surface area contributed by atoms with Crippen molar-refractivity contribution >= 4 is 5.96 Å². The minimum absolute atomic E-state index is 0.0691. The van der Waals surface area contributed by atoms with E-state index in [0.29, 0.717) is 18.1 Å². The zero-order chi connectivity index (χ0) is 15.0. The molecule has 1 rings (SSSR count). The summed E-state index contributed by atoms with van der Waals surface area (Å²) in [7, 11) is 1.70. The van der Waals surface area contributed by atoms with Gasteiger partial charge in [0.05, 0.1) is 0 Å². The van der Waals surface area contributed by atoms with Crippen LogP contribution in [0.25, 0.3) is 0 Å². The fourth-order valence-electron chi connectivity index (χ4n) is 1.87. The topological polar surface area (TPSA) is 36.4 Å². The van der Waals surface area contributed by atoms with E-state index in [1.807, 2.05) is 6.92 Å². The van der Waals surface area contributed by atoms with Gasteiger partial charge in [0.2, 0.25) is 0 Å². The van der Waals surface area contributed by atoms with E-state index < -0.39 is 11.6 Å². The molecule has 0 amide bonds. The van der Waals surface area contributed by atoms with Crippen molar-refractivity contribution in [3.05, 3.63) is 35.4 Å². The molecule has 0 radical (unpaired) electrons. The van der Waals surface area contributed by atoms with Crippen LogP contribution in [-0.4, -0.2) is 26.1 Å². The monoisotopic (exact) mass is 283 g/mol. The second-order valence-corrected chi connectivity index (χ2v) is 4.80. The quantitative estimate of drug-likeness (QED) is 0.478. The number of benzene rings is 1. The predicted octanol–water partition coefficient (Wildman–Crippen LogP) is 3.03. The van der Waals surface area contributed by atoms with E-state index >= 15 is 0 Å². The van der Waals surface area contributed by atoms with Gasteiger partial charge in [-0.2, -0.15) is 0 Å². The lowest BCUT2D eigenvalue weighted by molar-refractivity contribution is 0.555. The van der Waals surface area contributed by atoms with Crippen LogP contribution in [0.2, 0.25) is 0 Å². The molecule has 0 aliphatic rings. The number of hydrogen-bond donors (Lipinski definition) is 2. The molecule has 1 aromatic rings. The highest BCUT2D eigenvalue weighted by atomic mass is 19.1. The minimum atomic E-state index is -0.552.